The highest BCUT2D eigenvalue weighted by Crippen LogP contribution is 2.19. The molecule has 3 aromatic rings. The summed E-state index contributed by atoms with van der Waals surface area (Å²) in [6.45, 7) is 4.26. The number of carbonyl (C=O) groups is 1. The summed E-state index contributed by atoms with van der Waals surface area (Å²) in [5.74, 6) is 0.334. The lowest BCUT2D eigenvalue weighted by Crippen LogP contribution is -2.31. The van der Waals surface area contributed by atoms with Crippen LogP contribution in [0.15, 0.2) is 47.3 Å². The Kier molecular flexibility index (Phi) is 5.81. The maximum Gasteiger partial charge on any atom is 0.257 e. The van der Waals surface area contributed by atoms with Crippen molar-refractivity contribution >= 4 is 28.4 Å². The molecule has 0 aliphatic rings. The minimum absolute atomic E-state index is 0.0893. The Hall–Kier alpha value is -2.79. The molecule has 0 bridgehead atoms. The first-order valence-corrected chi connectivity index (χ1v) is 9.09. The lowest BCUT2D eigenvalue weighted by molar-refractivity contribution is -0.123. The van der Waals surface area contributed by atoms with Gasteiger partial charge in [0.15, 0.2) is 6.61 Å². The van der Waals surface area contributed by atoms with Gasteiger partial charge in [-0.3, -0.25) is 9.59 Å². The van der Waals surface area contributed by atoms with E-state index in [4.69, 9.17) is 16.3 Å². The summed E-state index contributed by atoms with van der Waals surface area (Å²) in [6.07, 6.45) is 0.450. The number of nitrogens with one attached hydrogen (secondary N) is 2. The number of ether oxygens (including phenoxy) is 1. The number of H-pyrrole nitrogens is 1. The number of fused-ring (bicyclic) bond motifs is 1. The second kappa shape index (κ2) is 8.27. The zero-order chi connectivity index (χ0) is 19.4. The Morgan fingerprint density at radius 1 is 1.11 bits per heavy atom. The monoisotopic (exact) mass is 384 g/mol. The molecule has 0 atom stereocenters. The van der Waals surface area contributed by atoms with Gasteiger partial charge >= 0.3 is 0 Å². The molecule has 2 aromatic carbocycles. The average molecular weight is 385 g/mol. The van der Waals surface area contributed by atoms with Gasteiger partial charge in [0, 0.05) is 22.5 Å². The van der Waals surface area contributed by atoms with Crippen molar-refractivity contribution in [2.45, 2.75) is 20.3 Å². The van der Waals surface area contributed by atoms with E-state index in [1.54, 1.807) is 24.3 Å². The Morgan fingerprint density at radius 2 is 1.81 bits per heavy atom. The number of carbonyl (C=O) groups excluding carboxylic acids is 1. The number of aromatic nitrogens is 1. The number of amides is 1. The number of hydrogen-bond acceptors (Lipinski definition) is 3. The molecule has 0 spiro atoms. The Labute approximate surface area is 162 Å². The zero-order valence-electron chi connectivity index (χ0n) is 15.3. The Morgan fingerprint density at radius 3 is 2.56 bits per heavy atom. The first kappa shape index (κ1) is 19.0. The molecule has 0 unspecified atom stereocenters. The third kappa shape index (κ3) is 4.68. The molecular formula is C21H21ClN2O3. The number of aryl methyl sites for hydroxylation is 2. The zero-order valence-corrected chi connectivity index (χ0v) is 16.0. The van der Waals surface area contributed by atoms with Gasteiger partial charge in [0.2, 0.25) is 0 Å². The van der Waals surface area contributed by atoms with Crippen molar-refractivity contribution in [3.05, 3.63) is 74.5 Å². The van der Waals surface area contributed by atoms with Crippen LogP contribution in [0.2, 0.25) is 5.02 Å². The summed E-state index contributed by atoms with van der Waals surface area (Å²) in [5, 5.41) is 4.41. The number of benzene rings is 2. The second-order valence-corrected chi connectivity index (χ2v) is 6.89. The number of hydrogen-bond donors (Lipinski definition) is 2. The molecule has 1 aromatic heterocycles. The maximum absolute atomic E-state index is 12.3. The smallest absolute Gasteiger partial charge is 0.257 e. The van der Waals surface area contributed by atoms with Gasteiger partial charge in [0.05, 0.1) is 5.52 Å². The van der Waals surface area contributed by atoms with E-state index < -0.39 is 0 Å². The number of pyridine rings is 1. The highest BCUT2D eigenvalue weighted by molar-refractivity contribution is 6.30. The number of rotatable bonds is 6. The van der Waals surface area contributed by atoms with Crippen LogP contribution in [0, 0.1) is 13.8 Å². The summed E-state index contributed by atoms with van der Waals surface area (Å²) < 4.78 is 5.40. The van der Waals surface area contributed by atoms with Crippen LogP contribution in [0.1, 0.15) is 16.7 Å². The van der Waals surface area contributed by atoms with Gasteiger partial charge in [-0.1, -0.05) is 23.7 Å². The molecule has 0 radical (unpaired) electrons. The molecule has 0 saturated carbocycles. The Bertz CT molecular complexity index is 1030. The van der Waals surface area contributed by atoms with Crippen molar-refractivity contribution < 1.29 is 9.53 Å². The first-order valence-electron chi connectivity index (χ1n) is 8.71. The normalized spacial score (nSPS) is 10.8. The summed E-state index contributed by atoms with van der Waals surface area (Å²) >= 11 is 5.81. The molecule has 0 aliphatic heterocycles. The number of halogens is 1. The molecule has 0 aliphatic carbocycles. The topological polar surface area (TPSA) is 71.2 Å². The quantitative estimate of drug-likeness (QED) is 0.682. The van der Waals surface area contributed by atoms with Crippen LogP contribution in [-0.2, 0) is 11.2 Å². The van der Waals surface area contributed by atoms with E-state index in [0.29, 0.717) is 29.3 Å². The minimum Gasteiger partial charge on any atom is -0.484 e. The second-order valence-electron chi connectivity index (χ2n) is 6.45. The van der Waals surface area contributed by atoms with E-state index in [1.165, 1.54) is 0 Å². The van der Waals surface area contributed by atoms with Gasteiger partial charge in [-0.25, -0.2) is 0 Å². The van der Waals surface area contributed by atoms with Crippen molar-refractivity contribution in [1.82, 2.24) is 10.3 Å². The summed E-state index contributed by atoms with van der Waals surface area (Å²) in [5.41, 5.74) is 3.53. The van der Waals surface area contributed by atoms with Gasteiger partial charge in [0.25, 0.3) is 11.5 Å². The molecule has 3 rings (SSSR count). The summed E-state index contributed by atoms with van der Waals surface area (Å²) in [4.78, 5) is 27.2. The predicted octanol–water partition coefficient (Wildman–Crippen LogP) is 3.54. The van der Waals surface area contributed by atoms with Gasteiger partial charge in [-0.15, -0.1) is 0 Å². The fourth-order valence-corrected chi connectivity index (χ4v) is 3.00. The lowest BCUT2D eigenvalue weighted by Gasteiger charge is -2.09. The van der Waals surface area contributed by atoms with E-state index in [1.807, 2.05) is 32.0 Å². The summed E-state index contributed by atoms with van der Waals surface area (Å²) in [7, 11) is 0. The highest BCUT2D eigenvalue weighted by Gasteiger charge is 2.08. The van der Waals surface area contributed by atoms with Gasteiger partial charge in [-0.2, -0.15) is 0 Å². The fourth-order valence-electron chi connectivity index (χ4n) is 2.87. The molecule has 1 heterocycles. The van der Waals surface area contributed by atoms with E-state index in [2.05, 4.69) is 10.3 Å². The van der Waals surface area contributed by atoms with Crippen LogP contribution in [0.4, 0.5) is 0 Å². The molecule has 0 saturated heterocycles. The van der Waals surface area contributed by atoms with E-state index in [0.717, 1.165) is 22.0 Å². The molecule has 0 fully saturated rings. The maximum atomic E-state index is 12.3. The lowest BCUT2D eigenvalue weighted by atomic mass is 10.0. The van der Waals surface area contributed by atoms with Crippen molar-refractivity contribution in [3.8, 4) is 5.75 Å². The van der Waals surface area contributed by atoms with E-state index in [9.17, 15) is 9.59 Å². The molecule has 1 amide bonds. The van der Waals surface area contributed by atoms with Gasteiger partial charge in [0.1, 0.15) is 5.75 Å². The standard InChI is InChI=1S/C21H21ClN2O3/c1-13-3-4-14(2)20-18(13)11-15(21(26)24-20)9-10-23-19(25)12-27-17-7-5-16(22)6-8-17/h3-8,11H,9-10,12H2,1-2H3,(H,23,25)(H,24,26). The third-order valence-corrected chi connectivity index (χ3v) is 4.67. The largest absolute Gasteiger partial charge is 0.484 e. The molecule has 5 nitrogen and oxygen atoms in total. The van der Waals surface area contributed by atoms with Crippen LogP contribution in [0.3, 0.4) is 0 Å². The van der Waals surface area contributed by atoms with E-state index >= 15 is 0 Å². The van der Waals surface area contributed by atoms with Crippen molar-refractivity contribution in [2.75, 3.05) is 13.2 Å². The fraction of sp³-hybridized carbons (Fsp3) is 0.238. The van der Waals surface area contributed by atoms with Crippen LogP contribution >= 0.6 is 11.6 Å². The molecular weight excluding hydrogens is 364 g/mol. The van der Waals surface area contributed by atoms with Crippen LogP contribution in [-0.4, -0.2) is 24.0 Å². The Balaban J connectivity index is 1.57. The minimum atomic E-state index is -0.241. The first-order chi connectivity index (χ1) is 12.9. The van der Waals surface area contributed by atoms with Gasteiger partial charge in [-0.05, 0) is 61.7 Å². The number of aromatic amines is 1. The third-order valence-electron chi connectivity index (χ3n) is 4.42. The molecule has 6 heteroatoms. The molecule has 140 valence electrons. The SMILES string of the molecule is Cc1ccc(C)c2[nH]c(=O)c(CCNC(=O)COc3ccc(Cl)cc3)cc12. The average Bonchev–Trinajstić information content (AvgIpc) is 2.65. The van der Waals surface area contributed by atoms with Crippen LogP contribution in [0.25, 0.3) is 10.9 Å². The highest BCUT2D eigenvalue weighted by atomic mass is 35.5. The van der Waals surface area contributed by atoms with Gasteiger partial charge < -0.3 is 15.0 Å². The van der Waals surface area contributed by atoms with Crippen molar-refractivity contribution in [2.24, 2.45) is 0 Å². The van der Waals surface area contributed by atoms with Crippen molar-refractivity contribution in [3.63, 3.8) is 0 Å². The molecule has 2 N–H and O–H groups in total. The summed E-state index contributed by atoms with van der Waals surface area (Å²) in [6, 6.07) is 12.7. The molecule has 27 heavy (non-hydrogen) atoms. The van der Waals surface area contributed by atoms with Crippen LogP contribution < -0.4 is 15.6 Å². The van der Waals surface area contributed by atoms with Crippen LogP contribution in [0.5, 0.6) is 5.75 Å². The predicted molar refractivity (Wildman–Crippen MR) is 108 cm³/mol. The van der Waals surface area contributed by atoms with Crippen molar-refractivity contribution in [1.29, 1.82) is 0 Å². The van der Waals surface area contributed by atoms with E-state index in [-0.39, 0.29) is 18.1 Å².